The van der Waals surface area contributed by atoms with E-state index in [1.807, 2.05) is 0 Å². The van der Waals surface area contributed by atoms with Crippen molar-refractivity contribution in [1.29, 1.82) is 0 Å². The zero-order valence-corrected chi connectivity index (χ0v) is 10.7. The van der Waals surface area contributed by atoms with Gasteiger partial charge in [0.05, 0.1) is 6.54 Å². The molecule has 0 heterocycles. The Morgan fingerprint density at radius 2 is 1.94 bits per heavy atom. The smallest absolute Gasteiger partial charge is 0.243 e. The Balaban J connectivity index is 2.46. The van der Waals surface area contributed by atoms with E-state index in [0.29, 0.717) is 5.69 Å². The van der Waals surface area contributed by atoms with Crippen LogP contribution in [0.4, 0.5) is 10.1 Å². The van der Waals surface area contributed by atoms with Crippen molar-refractivity contribution in [2.24, 2.45) is 5.41 Å². The van der Waals surface area contributed by atoms with Crippen LogP contribution in [0.1, 0.15) is 20.8 Å². The fraction of sp³-hybridized carbons (Fsp3) is 0.385. The Bertz CT molecular complexity index is 453. The molecule has 0 radical (unpaired) electrons. The minimum Gasteiger partial charge on any atom is -0.347 e. The van der Waals surface area contributed by atoms with Crippen molar-refractivity contribution in [1.82, 2.24) is 5.32 Å². The first-order valence-corrected chi connectivity index (χ1v) is 5.63. The van der Waals surface area contributed by atoms with Gasteiger partial charge >= 0.3 is 0 Å². The molecule has 0 fully saturated rings. The molecule has 18 heavy (non-hydrogen) atoms. The summed E-state index contributed by atoms with van der Waals surface area (Å²) >= 11 is 0. The minimum atomic E-state index is -0.543. The Morgan fingerprint density at radius 3 is 2.50 bits per heavy atom. The second-order valence-electron chi connectivity index (χ2n) is 4.99. The van der Waals surface area contributed by atoms with E-state index in [-0.39, 0.29) is 12.5 Å². The lowest BCUT2D eigenvalue weighted by Gasteiger charge is -2.17. The van der Waals surface area contributed by atoms with Gasteiger partial charge in [-0.3, -0.25) is 9.59 Å². The van der Waals surface area contributed by atoms with Gasteiger partial charge in [-0.05, 0) is 18.2 Å². The van der Waals surface area contributed by atoms with Crippen molar-refractivity contribution in [3.05, 3.63) is 30.1 Å². The lowest BCUT2D eigenvalue weighted by molar-refractivity contribution is -0.130. The SMILES string of the molecule is CC(C)(C)C(=O)NCC(=O)Nc1cccc(F)c1. The molecule has 0 unspecified atom stereocenters. The number of hydrogen-bond donors (Lipinski definition) is 2. The summed E-state index contributed by atoms with van der Waals surface area (Å²) in [7, 11) is 0. The second kappa shape index (κ2) is 5.62. The maximum absolute atomic E-state index is 12.9. The minimum absolute atomic E-state index is 0.132. The lowest BCUT2D eigenvalue weighted by Crippen LogP contribution is -2.39. The normalized spacial score (nSPS) is 10.9. The van der Waals surface area contributed by atoms with Crippen LogP contribution in [0, 0.1) is 11.2 Å². The molecule has 5 heteroatoms. The van der Waals surface area contributed by atoms with E-state index in [9.17, 15) is 14.0 Å². The maximum Gasteiger partial charge on any atom is 0.243 e. The predicted molar refractivity (Wildman–Crippen MR) is 67.5 cm³/mol. The van der Waals surface area contributed by atoms with E-state index in [1.165, 1.54) is 18.2 Å². The van der Waals surface area contributed by atoms with Crippen LogP contribution in [0.5, 0.6) is 0 Å². The monoisotopic (exact) mass is 252 g/mol. The molecule has 1 aromatic rings. The molecule has 0 aromatic heterocycles. The van der Waals surface area contributed by atoms with Gasteiger partial charge in [0.25, 0.3) is 0 Å². The summed E-state index contributed by atoms with van der Waals surface area (Å²) < 4.78 is 12.9. The molecule has 0 saturated carbocycles. The van der Waals surface area contributed by atoms with Gasteiger partial charge in [-0.2, -0.15) is 0 Å². The van der Waals surface area contributed by atoms with Gasteiger partial charge in [0.15, 0.2) is 0 Å². The molecule has 0 atom stereocenters. The summed E-state index contributed by atoms with van der Waals surface area (Å²) in [6.45, 7) is 5.14. The summed E-state index contributed by atoms with van der Waals surface area (Å²) in [5, 5.41) is 5.01. The van der Waals surface area contributed by atoms with Crippen molar-refractivity contribution >= 4 is 17.5 Å². The van der Waals surface area contributed by atoms with Gasteiger partial charge in [-0.1, -0.05) is 26.8 Å². The Labute approximate surface area is 106 Å². The van der Waals surface area contributed by atoms with E-state index in [0.717, 1.165) is 0 Å². The molecule has 0 saturated heterocycles. The molecule has 2 amide bonds. The van der Waals surface area contributed by atoms with E-state index in [1.54, 1.807) is 26.8 Å². The van der Waals surface area contributed by atoms with Crippen molar-refractivity contribution < 1.29 is 14.0 Å². The Morgan fingerprint density at radius 1 is 1.28 bits per heavy atom. The number of amides is 2. The van der Waals surface area contributed by atoms with Gasteiger partial charge < -0.3 is 10.6 Å². The predicted octanol–water partition coefficient (Wildman–Crippen LogP) is 1.93. The van der Waals surface area contributed by atoms with Gasteiger partial charge in [0.1, 0.15) is 5.82 Å². The fourth-order valence-electron chi connectivity index (χ4n) is 1.20. The third-order valence-corrected chi connectivity index (χ3v) is 2.20. The average molecular weight is 252 g/mol. The van der Waals surface area contributed by atoms with Crippen molar-refractivity contribution in [2.75, 3.05) is 11.9 Å². The molecule has 2 N–H and O–H groups in total. The second-order valence-corrected chi connectivity index (χ2v) is 4.99. The summed E-state index contributed by atoms with van der Waals surface area (Å²) in [4.78, 5) is 23.0. The van der Waals surface area contributed by atoms with Crippen molar-refractivity contribution in [3.8, 4) is 0 Å². The lowest BCUT2D eigenvalue weighted by atomic mass is 9.96. The van der Waals surface area contributed by atoms with Crippen molar-refractivity contribution in [2.45, 2.75) is 20.8 Å². The van der Waals surface area contributed by atoms with Crippen LogP contribution in [-0.4, -0.2) is 18.4 Å². The molecular weight excluding hydrogens is 235 g/mol. The molecular formula is C13H17FN2O2. The molecule has 0 bridgehead atoms. The summed E-state index contributed by atoms with van der Waals surface area (Å²) in [5.74, 6) is -1.03. The standard InChI is InChI=1S/C13H17FN2O2/c1-13(2,3)12(18)15-8-11(17)16-10-6-4-5-9(14)7-10/h4-7H,8H2,1-3H3,(H,15,18)(H,16,17). The van der Waals surface area contributed by atoms with E-state index < -0.39 is 17.1 Å². The number of carbonyl (C=O) groups is 2. The molecule has 1 aromatic carbocycles. The van der Waals surface area contributed by atoms with Crippen LogP contribution in [0.2, 0.25) is 0 Å². The van der Waals surface area contributed by atoms with Crippen LogP contribution < -0.4 is 10.6 Å². The zero-order valence-electron chi connectivity index (χ0n) is 10.7. The van der Waals surface area contributed by atoms with Crippen molar-refractivity contribution in [3.63, 3.8) is 0 Å². The summed E-state index contributed by atoms with van der Waals surface area (Å²) in [6, 6.07) is 5.58. The summed E-state index contributed by atoms with van der Waals surface area (Å²) in [5.41, 5.74) is -0.177. The highest BCUT2D eigenvalue weighted by atomic mass is 19.1. The number of anilines is 1. The molecule has 4 nitrogen and oxygen atoms in total. The molecule has 0 aliphatic heterocycles. The molecule has 0 spiro atoms. The number of benzene rings is 1. The van der Waals surface area contributed by atoms with Gasteiger partial charge in [0.2, 0.25) is 11.8 Å². The highest BCUT2D eigenvalue weighted by Crippen LogP contribution is 2.12. The number of carbonyl (C=O) groups excluding carboxylic acids is 2. The zero-order chi connectivity index (χ0) is 13.8. The van der Waals surface area contributed by atoms with Gasteiger partial charge in [-0.25, -0.2) is 4.39 Å². The van der Waals surface area contributed by atoms with Crippen LogP contribution in [0.25, 0.3) is 0 Å². The molecule has 0 aliphatic rings. The highest BCUT2D eigenvalue weighted by molar-refractivity contribution is 5.95. The number of nitrogens with one attached hydrogen (secondary N) is 2. The molecule has 98 valence electrons. The quantitative estimate of drug-likeness (QED) is 0.863. The van der Waals surface area contributed by atoms with Crippen LogP contribution in [0.3, 0.4) is 0 Å². The maximum atomic E-state index is 12.9. The first-order valence-electron chi connectivity index (χ1n) is 5.63. The third-order valence-electron chi connectivity index (χ3n) is 2.20. The summed E-state index contributed by atoms with van der Waals surface area (Å²) in [6.07, 6.45) is 0. The van der Waals surface area contributed by atoms with Crippen LogP contribution >= 0.6 is 0 Å². The largest absolute Gasteiger partial charge is 0.347 e. The topological polar surface area (TPSA) is 58.2 Å². The first-order chi connectivity index (χ1) is 8.29. The van der Waals surface area contributed by atoms with Gasteiger partial charge in [0, 0.05) is 11.1 Å². The van der Waals surface area contributed by atoms with E-state index in [2.05, 4.69) is 10.6 Å². The average Bonchev–Trinajstić information content (AvgIpc) is 2.24. The van der Waals surface area contributed by atoms with Crippen LogP contribution in [0.15, 0.2) is 24.3 Å². The fourth-order valence-corrected chi connectivity index (χ4v) is 1.20. The number of halogens is 1. The van der Waals surface area contributed by atoms with Crippen LogP contribution in [-0.2, 0) is 9.59 Å². The Kier molecular flexibility index (Phi) is 4.42. The number of hydrogen-bond acceptors (Lipinski definition) is 2. The highest BCUT2D eigenvalue weighted by Gasteiger charge is 2.21. The molecule has 1 rings (SSSR count). The van der Waals surface area contributed by atoms with E-state index in [4.69, 9.17) is 0 Å². The van der Waals surface area contributed by atoms with E-state index >= 15 is 0 Å². The third kappa shape index (κ3) is 4.53. The van der Waals surface area contributed by atoms with Gasteiger partial charge in [-0.15, -0.1) is 0 Å². The molecule has 0 aliphatic carbocycles. The number of rotatable bonds is 3. The Hall–Kier alpha value is -1.91. The first kappa shape index (κ1) is 14.2.